The monoisotopic (exact) mass is 262 g/mol. The number of carbonyl (C=O) groups excluding carboxylic acids is 2. The van der Waals surface area contributed by atoms with Crippen molar-refractivity contribution >= 4 is 17.5 Å². The Hall–Kier alpha value is -1.88. The highest BCUT2D eigenvalue weighted by molar-refractivity contribution is 5.93. The average molecular weight is 262 g/mol. The SMILES string of the molecule is O=C(Nc1ccccc1)C1CCCN(C(=O)CO)C1. The lowest BCUT2D eigenvalue weighted by Crippen LogP contribution is -2.44. The molecule has 1 atom stereocenters. The van der Waals surface area contributed by atoms with Crippen LogP contribution in [0.5, 0.6) is 0 Å². The van der Waals surface area contributed by atoms with Gasteiger partial charge in [0.15, 0.2) is 0 Å². The van der Waals surface area contributed by atoms with Gasteiger partial charge in [-0.3, -0.25) is 9.59 Å². The summed E-state index contributed by atoms with van der Waals surface area (Å²) < 4.78 is 0. The topological polar surface area (TPSA) is 69.6 Å². The normalized spacial score (nSPS) is 19.0. The Balaban J connectivity index is 1.94. The number of nitrogens with one attached hydrogen (secondary N) is 1. The second-order valence-corrected chi connectivity index (χ2v) is 4.69. The van der Waals surface area contributed by atoms with Crippen LogP contribution >= 0.6 is 0 Å². The predicted octanol–water partition coefficient (Wildman–Crippen LogP) is 0.856. The summed E-state index contributed by atoms with van der Waals surface area (Å²) in [5, 5.41) is 11.7. The smallest absolute Gasteiger partial charge is 0.248 e. The van der Waals surface area contributed by atoms with Gasteiger partial charge in [0.1, 0.15) is 6.61 Å². The van der Waals surface area contributed by atoms with E-state index in [1.165, 1.54) is 0 Å². The van der Waals surface area contributed by atoms with Gasteiger partial charge in [-0.2, -0.15) is 0 Å². The van der Waals surface area contributed by atoms with Gasteiger partial charge in [-0.1, -0.05) is 18.2 Å². The van der Waals surface area contributed by atoms with Crippen LogP contribution in [0.3, 0.4) is 0 Å². The van der Waals surface area contributed by atoms with E-state index in [0.717, 1.165) is 18.5 Å². The molecule has 0 bridgehead atoms. The first kappa shape index (κ1) is 13.5. The van der Waals surface area contributed by atoms with Crippen LogP contribution in [0.15, 0.2) is 30.3 Å². The van der Waals surface area contributed by atoms with Crippen LogP contribution in [0.1, 0.15) is 12.8 Å². The van der Waals surface area contributed by atoms with Crippen molar-refractivity contribution in [3.8, 4) is 0 Å². The number of aliphatic hydroxyl groups is 1. The van der Waals surface area contributed by atoms with Gasteiger partial charge in [0.05, 0.1) is 5.92 Å². The summed E-state index contributed by atoms with van der Waals surface area (Å²) in [5.74, 6) is -0.580. The fourth-order valence-electron chi connectivity index (χ4n) is 2.28. The van der Waals surface area contributed by atoms with Crippen molar-refractivity contribution in [2.24, 2.45) is 5.92 Å². The summed E-state index contributed by atoms with van der Waals surface area (Å²) in [5.41, 5.74) is 0.762. The van der Waals surface area contributed by atoms with E-state index in [9.17, 15) is 9.59 Å². The molecule has 0 aromatic heterocycles. The summed E-state index contributed by atoms with van der Waals surface area (Å²) in [6.45, 7) is 0.513. The van der Waals surface area contributed by atoms with Crippen LogP contribution in [0.4, 0.5) is 5.69 Å². The number of nitrogens with zero attached hydrogens (tertiary/aromatic N) is 1. The molecule has 19 heavy (non-hydrogen) atoms. The Bertz CT molecular complexity index is 447. The summed E-state index contributed by atoms with van der Waals surface area (Å²) in [6, 6.07) is 9.27. The zero-order valence-corrected chi connectivity index (χ0v) is 10.7. The highest BCUT2D eigenvalue weighted by atomic mass is 16.3. The van der Waals surface area contributed by atoms with Gasteiger partial charge < -0.3 is 15.3 Å². The molecule has 1 aromatic carbocycles. The standard InChI is InChI=1S/C14H18N2O3/c17-10-13(18)16-8-4-5-11(9-16)14(19)15-12-6-2-1-3-7-12/h1-3,6-7,11,17H,4-5,8-10H2,(H,15,19). The van der Waals surface area contributed by atoms with E-state index in [-0.39, 0.29) is 17.7 Å². The average Bonchev–Trinajstić information content (AvgIpc) is 2.47. The summed E-state index contributed by atoms with van der Waals surface area (Å²) in [4.78, 5) is 25.1. The Morgan fingerprint density at radius 2 is 2.05 bits per heavy atom. The van der Waals surface area contributed by atoms with Gasteiger partial charge >= 0.3 is 0 Å². The Morgan fingerprint density at radius 1 is 1.32 bits per heavy atom. The van der Waals surface area contributed by atoms with Crippen LogP contribution in [-0.4, -0.2) is 41.5 Å². The third-order valence-corrected chi connectivity index (χ3v) is 3.32. The molecule has 1 aromatic rings. The number of aliphatic hydroxyl groups excluding tert-OH is 1. The minimum Gasteiger partial charge on any atom is -0.387 e. The van der Waals surface area contributed by atoms with Crippen molar-refractivity contribution in [3.63, 3.8) is 0 Å². The van der Waals surface area contributed by atoms with Gasteiger partial charge in [-0.15, -0.1) is 0 Å². The molecule has 5 nitrogen and oxygen atoms in total. The molecule has 1 heterocycles. The second kappa shape index (κ2) is 6.33. The largest absolute Gasteiger partial charge is 0.387 e. The second-order valence-electron chi connectivity index (χ2n) is 4.69. The summed E-state index contributed by atoms with van der Waals surface area (Å²) in [6.07, 6.45) is 1.56. The fraction of sp³-hybridized carbons (Fsp3) is 0.429. The number of benzene rings is 1. The minimum atomic E-state index is -0.493. The maximum atomic E-state index is 12.1. The Labute approximate surface area is 112 Å². The van der Waals surface area contributed by atoms with Gasteiger partial charge in [0, 0.05) is 18.8 Å². The molecule has 1 fully saturated rings. The van der Waals surface area contributed by atoms with Crippen molar-refractivity contribution in [1.82, 2.24) is 4.90 Å². The van der Waals surface area contributed by atoms with E-state index >= 15 is 0 Å². The van der Waals surface area contributed by atoms with Crippen LogP contribution in [0.25, 0.3) is 0 Å². The summed E-state index contributed by atoms with van der Waals surface area (Å²) >= 11 is 0. The zero-order valence-electron chi connectivity index (χ0n) is 10.7. The fourth-order valence-corrected chi connectivity index (χ4v) is 2.28. The molecule has 2 amide bonds. The first-order valence-electron chi connectivity index (χ1n) is 6.45. The maximum Gasteiger partial charge on any atom is 0.248 e. The molecule has 0 spiro atoms. The van der Waals surface area contributed by atoms with E-state index in [1.807, 2.05) is 30.3 Å². The first-order chi connectivity index (χ1) is 9.20. The number of anilines is 1. The molecule has 2 rings (SSSR count). The lowest BCUT2D eigenvalue weighted by Gasteiger charge is -2.31. The lowest BCUT2D eigenvalue weighted by molar-refractivity contribution is -0.137. The maximum absolute atomic E-state index is 12.1. The third kappa shape index (κ3) is 3.54. The molecule has 2 N–H and O–H groups in total. The van der Waals surface area contributed by atoms with Gasteiger partial charge in [0.25, 0.3) is 0 Å². The van der Waals surface area contributed by atoms with Gasteiger partial charge in [-0.25, -0.2) is 0 Å². The minimum absolute atomic E-state index is 0.0679. The number of para-hydroxylation sites is 1. The molecule has 1 unspecified atom stereocenters. The predicted molar refractivity (Wildman–Crippen MR) is 71.5 cm³/mol. The number of carbonyl (C=O) groups is 2. The molecule has 5 heteroatoms. The van der Waals surface area contributed by atoms with E-state index in [2.05, 4.69) is 5.32 Å². The number of hydrogen-bond donors (Lipinski definition) is 2. The van der Waals surface area contributed by atoms with Crippen LogP contribution in [0.2, 0.25) is 0 Å². The van der Waals surface area contributed by atoms with Crippen molar-refractivity contribution < 1.29 is 14.7 Å². The molecular formula is C14H18N2O3. The number of amides is 2. The first-order valence-corrected chi connectivity index (χ1v) is 6.45. The lowest BCUT2D eigenvalue weighted by atomic mass is 9.97. The molecular weight excluding hydrogens is 244 g/mol. The van der Waals surface area contributed by atoms with Gasteiger partial charge in [0.2, 0.25) is 11.8 Å². The van der Waals surface area contributed by atoms with Crippen molar-refractivity contribution in [3.05, 3.63) is 30.3 Å². The molecule has 0 saturated carbocycles. The van der Waals surface area contributed by atoms with Crippen LogP contribution in [-0.2, 0) is 9.59 Å². The van der Waals surface area contributed by atoms with E-state index in [0.29, 0.717) is 13.1 Å². The molecule has 1 saturated heterocycles. The highest BCUT2D eigenvalue weighted by Crippen LogP contribution is 2.18. The number of hydrogen-bond acceptors (Lipinski definition) is 3. The molecule has 102 valence electrons. The molecule has 0 aliphatic carbocycles. The van der Waals surface area contributed by atoms with Crippen molar-refractivity contribution in [2.75, 3.05) is 25.0 Å². The van der Waals surface area contributed by atoms with Crippen molar-refractivity contribution in [1.29, 1.82) is 0 Å². The summed E-state index contributed by atoms with van der Waals surface area (Å²) in [7, 11) is 0. The van der Waals surface area contributed by atoms with E-state index in [1.54, 1.807) is 4.90 Å². The quantitative estimate of drug-likeness (QED) is 0.848. The molecule has 1 aliphatic heterocycles. The Kier molecular flexibility index (Phi) is 4.52. The molecule has 0 radical (unpaired) electrons. The van der Waals surface area contributed by atoms with Crippen LogP contribution < -0.4 is 5.32 Å². The third-order valence-electron chi connectivity index (χ3n) is 3.32. The number of likely N-dealkylation sites (tertiary alicyclic amines) is 1. The number of piperidine rings is 1. The van der Waals surface area contributed by atoms with E-state index < -0.39 is 6.61 Å². The Morgan fingerprint density at radius 3 is 2.74 bits per heavy atom. The van der Waals surface area contributed by atoms with Crippen molar-refractivity contribution in [2.45, 2.75) is 12.8 Å². The van der Waals surface area contributed by atoms with E-state index in [4.69, 9.17) is 5.11 Å². The highest BCUT2D eigenvalue weighted by Gasteiger charge is 2.27. The van der Waals surface area contributed by atoms with Crippen LogP contribution in [0, 0.1) is 5.92 Å². The zero-order chi connectivity index (χ0) is 13.7. The number of rotatable bonds is 3. The molecule has 1 aliphatic rings. The van der Waals surface area contributed by atoms with Gasteiger partial charge in [-0.05, 0) is 25.0 Å².